The van der Waals surface area contributed by atoms with E-state index < -0.39 is 0 Å². The van der Waals surface area contributed by atoms with Crippen LogP contribution in [0.25, 0.3) is 0 Å². The Morgan fingerprint density at radius 2 is 2.14 bits per heavy atom. The van der Waals surface area contributed by atoms with Crippen molar-refractivity contribution in [2.45, 2.75) is 71.6 Å². The van der Waals surface area contributed by atoms with Crippen LogP contribution in [0.1, 0.15) is 58.9 Å². The highest BCUT2D eigenvalue weighted by molar-refractivity contribution is 9.10. The summed E-state index contributed by atoms with van der Waals surface area (Å²) in [6, 6.07) is 2.10. The Bertz CT molecular complexity index is 470. The SMILES string of the molecule is CC1CCCC(Oc2ncc(Br)cc2CNC(C)(C)C)C1. The van der Waals surface area contributed by atoms with Crippen molar-refractivity contribution in [3.05, 3.63) is 22.3 Å². The molecule has 1 aliphatic rings. The molecule has 1 heterocycles. The summed E-state index contributed by atoms with van der Waals surface area (Å²) in [6.07, 6.45) is 7.01. The number of rotatable bonds is 4. The van der Waals surface area contributed by atoms with E-state index in [1.54, 1.807) is 0 Å². The number of nitrogens with one attached hydrogen (secondary N) is 1. The maximum absolute atomic E-state index is 6.21. The van der Waals surface area contributed by atoms with Gasteiger partial charge in [0, 0.05) is 28.3 Å². The van der Waals surface area contributed by atoms with Crippen molar-refractivity contribution in [2.75, 3.05) is 0 Å². The van der Waals surface area contributed by atoms with E-state index >= 15 is 0 Å². The van der Waals surface area contributed by atoms with E-state index in [1.165, 1.54) is 12.8 Å². The fraction of sp³-hybridized carbons (Fsp3) is 0.706. The van der Waals surface area contributed by atoms with Gasteiger partial charge in [0.25, 0.3) is 0 Å². The maximum Gasteiger partial charge on any atom is 0.218 e. The first-order valence-corrected chi connectivity index (χ1v) is 8.69. The lowest BCUT2D eigenvalue weighted by atomic mass is 9.89. The smallest absolute Gasteiger partial charge is 0.218 e. The second kappa shape index (κ2) is 7.10. The van der Waals surface area contributed by atoms with Crippen LogP contribution in [-0.2, 0) is 6.54 Å². The molecule has 1 aromatic heterocycles. The molecule has 0 spiro atoms. The lowest BCUT2D eigenvalue weighted by molar-refractivity contribution is 0.122. The highest BCUT2D eigenvalue weighted by Crippen LogP contribution is 2.29. The van der Waals surface area contributed by atoms with E-state index in [-0.39, 0.29) is 5.54 Å². The molecule has 1 saturated carbocycles. The molecule has 2 unspecified atom stereocenters. The van der Waals surface area contributed by atoms with Crippen LogP contribution in [0.5, 0.6) is 5.88 Å². The number of aromatic nitrogens is 1. The fourth-order valence-corrected chi connectivity index (χ4v) is 3.08. The first-order valence-electron chi connectivity index (χ1n) is 7.89. The third kappa shape index (κ3) is 5.59. The number of nitrogens with zero attached hydrogens (tertiary/aromatic N) is 1. The number of hydrogen-bond donors (Lipinski definition) is 1. The van der Waals surface area contributed by atoms with Crippen molar-refractivity contribution in [2.24, 2.45) is 5.92 Å². The second-order valence-corrected chi connectivity index (χ2v) is 8.15. The van der Waals surface area contributed by atoms with Gasteiger partial charge in [0.2, 0.25) is 5.88 Å². The zero-order valence-corrected chi connectivity index (χ0v) is 15.2. The Kier molecular flexibility index (Phi) is 5.67. The standard InChI is InChI=1S/C17H27BrN2O/c1-12-6-5-7-15(8-12)21-16-13(9-14(18)11-19-16)10-20-17(2,3)4/h9,11-12,15,20H,5-8,10H2,1-4H3. The lowest BCUT2D eigenvalue weighted by Crippen LogP contribution is -2.35. The van der Waals surface area contributed by atoms with Gasteiger partial charge >= 0.3 is 0 Å². The molecule has 2 rings (SSSR count). The minimum atomic E-state index is 0.0823. The van der Waals surface area contributed by atoms with Crippen LogP contribution in [-0.4, -0.2) is 16.6 Å². The molecule has 0 aliphatic heterocycles. The molecule has 1 aromatic rings. The normalized spacial score (nSPS) is 23.1. The highest BCUT2D eigenvalue weighted by atomic mass is 79.9. The predicted octanol–water partition coefficient (Wildman–Crippen LogP) is 4.69. The van der Waals surface area contributed by atoms with Crippen molar-refractivity contribution < 1.29 is 4.74 Å². The summed E-state index contributed by atoms with van der Waals surface area (Å²) in [6.45, 7) is 9.59. The Labute approximate surface area is 137 Å². The average molecular weight is 355 g/mol. The summed E-state index contributed by atoms with van der Waals surface area (Å²) in [4.78, 5) is 4.49. The number of pyridine rings is 1. The van der Waals surface area contributed by atoms with E-state index in [1.807, 2.05) is 6.20 Å². The van der Waals surface area contributed by atoms with Crippen molar-refractivity contribution >= 4 is 15.9 Å². The molecular weight excluding hydrogens is 328 g/mol. The molecule has 118 valence electrons. The van der Waals surface area contributed by atoms with Crippen molar-refractivity contribution in [1.82, 2.24) is 10.3 Å². The van der Waals surface area contributed by atoms with E-state index in [0.29, 0.717) is 6.10 Å². The topological polar surface area (TPSA) is 34.1 Å². The Morgan fingerprint density at radius 1 is 1.38 bits per heavy atom. The molecule has 2 atom stereocenters. The Balaban J connectivity index is 2.07. The molecular formula is C17H27BrN2O. The van der Waals surface area contributed by atoms with E-state index in [2.05, 4.69) is 60.0 Å². The molecule has 3 nitrogen and oxygen atoms in total. The van der Waals surface area contributed by atoms with Gasteiger partial charge in [-0.15, -0.1) is 0 Å². The third-order valence-electron chi connectivity index (χ3n) is 3.87. The van der Waals surface area contributed by atoms with Crippen LogP contribution in [0, 0.1) is 5.92 Å². The third-order valence-corrected chi connectivity index (χ3v) is 4.30. The van der Waals surface area contributed by atoms with Gasteiger partial charge in [0.05, 0.1) is 0 Å². The van der Waals surface area contributed by atoms with Crippen molar-refractivity contribution in [3.63, 3.8) is 0 Å². The van der Waals surface area contributed by atoms with Gasteiger partial charge < -0.3 is 10.1 Å². The summed E-state index contributed by atoms with van der Waals surface area (Å²) < 4.78 is 7.20. The molecule has 0 amide bonds. The van der Waals surface area contributed by atoms with Crippen LogP contribution >= 0.6 is 15.9 Å². The number of hydrogen-bond acceptors (Lipinski definition) is 3. The van der Waals surface area contributed by atoms with Gasteiger partial charge in [-0.05, 0) is 67.9 Å². The van der Waals surface area contributed by atoms with E-state index in [9.17, 15) is 0 Å². The van der Waals surface area contributed by atoms with Gasteiger partial charge in [-0.3, -0.25) is 0 Å². The quantitative estimate of drug-likeness (QED) is 0.851. The number of halogens is 1. The maximum atomic E-state index is 6.21. The molecule has 0 aromatic carbocycles. The Hall–Kier alpha value is -0.610. The van der Waals surface area contributed by atoms with Crippen LogP contribution in [0.3, 0.4) is 0 Å². The zero-order valence-electron chi connectivity index (χ0n) is 13.6. The second-order valence-electron chi connectivity index (χ2n) is 7.23. The van der Waals surface area contributed by atoms with Crippen molar-refractivity contribution in [3.8, 4) is 5.88 Å². The molecule has 1 fully saturated rings. The van der Waals surface area contributed by atoms with Gasteiger partial charge in [-0.25, -0.2) is 4.98 Å². The highest BCUT2D eigenvalue weighted by Gasteiger charge is 2.22. The van der Waals surface area contributed by atoms with Gasteiger partial charge in [-0.1, -0.05) is 13.3 Å². The van der Waals surface area contributed by atoms with Crippen LogP contribution in [0.4, 0.5) is 0 Å². The fourth-order valence-electron chi connectivity index (χ4n) is 2.71. The molecule has 0 saturated heterocycles. The average Bonchev–Trinajstić information content (AvgIpc) is 2.38. The summed E-state index contributed by atoms with van der Waals surface area (Å²) in [5.74, 6) is 1.55. The van der Waals surface area contributed by atoms with Crippen molar-refractivity contribution in [1.29, 1.82) is 0 Å². The molecule has 0 bridgehead atoms. The Morgan fingerprint density at radius 3 is 2.81 bits per heavy atom. The molecule has 4 heteroatoms. The monoisotopic (exact) mass is 354 g/mol. The summed E-state index contributed by atoms with van der Waals surface area (Å²) in [5, 5.41) is 3.51. The lowest BCUT2D eigenvalue weighted by Gasteiger charge is -2.28. The van der Waals surface area contributed by atoms with Crippen LogP contribution < -0.4 is 10.1 Å². The minimum absolute atomic E-state index is 0.0823. The first kappa shape index (κ1) is 16.8. The number of ether oxygens (including phenoxy) is 1. The van der Waals surface area contributed by atoms with E-state index in [0.717, 1.165) is 41.2 Å². The molecule has 1 N–H and O–H groups in total. The first-order chi connectivity index (χ1) is 9.83. The summed E-state index contributed by atoms with van der Waals surface area (Å²) in [5.41, 5.74) is 1.20. The summed E-state index contributed by atoms with van der Waals surface area (Å²) in [7, 11) is 0. The summed E-state index contributed by atoms with van der Waals surface area (Å²) >= 11 is 3.51. The van der Waals surface area contributed by atoms with Gasteiger partial charge in [0.15, 0.2) is 0 Å². The van der Waals surface area contributed by atoms with Gasteiger partial charge in [-0.2, -0.15) is 0 Å². The van der Waals surface area contributed by atoms with E-state index in [4.69, 9.17) is 4.74 Å². The minimum Gasteiger partial charge on any atom is -0.474 e. The largest absolute Gasteiger partial charge is 0.474 e. The predicted molar refractivity (Wildman–Crippen MR) is 90.6 cm³/mol. The molecule has 21 heavy (non-hydrogen) atoms. The molecule has 1 aliphatic carbocycles. The molecule has 0 radical (unpaired) electrons. The van der Waals surface area contributed by atoms with Gasteiger partial charge in [0.1, 0.15) is 6.10 Å². The van der Waals surface area contributed by atoms with Crippen LogP contribution in [0.2, 0.25) is 0 Å². The van der Waals surface area contributed by atoms with Crippen LogP contribution in [0.15, 0.2) is 16.7 Å². The zero-order chi connectivity index (χ0) is 15.5.